The van der Waals surface area contributed by atoms with Crippen LogP contribution in [-0.2, 0) is 12.8 Å². The van der Waals surface area contributed by atoms with E-state index in [1.165, 1.54) is 140 Å². The molecule has 0 aromatic heterocycles. The molecule has 4 rings (SSSR count). The average molecular weight is 659 g/mol. The van der Waals surface area contributed by atoms with Gasteiger partial charge in [0.25, 0.3) is 10.5 Å². The lowest BCUT2D eigenvalue weighted by atomic mass is 9.89. The number of hydrogen-bond donors (Lipinski definition) is 3. The van der Waals surface area contributed by atoms with Gasteiger partial charge in [0, 0.05) is 12.1 Å². The van der Waals surface area contributed by atoms with Crippen molar-refractivity contribution in [3.63, 3.8) is 0 Å². The Kier molecular flexibility index (Phi) is 28.2. The molecule has 2 aromatic carbocycles. The standard InChI is InChI=1S/C13H23NOS.2C12H18.CH3NOS.CH4/c15-13(16)14(11-7-3-1-4-8-11)12-9-5-2-6-10-12;2*1-2-3-4-6-9-12-10-7-5-8-11-12;2-1(3)4;/h11-12H,1-10H2,(H,15,16);2*5,7-8,10-11H,2-4,6,9H2,1H3;(H3,2,3,4);1H4. The molecule has 0 heterocycles. The summed E-state index contributed by atoms with van der Waals surface area (Å²) >= 11 is 7.21. The number of amides is 2. The van der Waals surface area contributed by atoms with Crippen LogP contribution in [0.4, 0.5) is 9.59 Å². The molecule has 6 heteroatoms. The third-order valence-electron chi connectivity index (χ3n) is 8.48. The van der Waals surface area contributed by atoms with Gasteiger partial charge in [-0.3, -0.25) is 9.59 Å². The van der Waals surface area contributed by atoms with Crippen LogP contribution in [0.3, 0.4) is 0 Å². The predicted molar refractivity (Wildman–Crippen MR) is 204 cm³/mol. The normalized spacial score (nSPS) is 14.6. The van der Waals surface area contributed by atoms with Crippen molar-refractivity contribution >= 4 is 35.7 Å². The van der Waals surface area contributed by atoms with Crippen LogP contribution in [0.25, 0.3) is 0 Å². The minimum Gasteiger partial charge on any atom is -0.361 e. The molecule has 2 aliphatic carbocycles. The first-order valence-corrected chi connectivity index (χ1v) is 18.4. The van der Waals surface area contributed by atoms with Gasteiger partial charge in [-0.15, -0.1) is 0 Å². The van der Waals surface area contributed by atoms with Crippen LogP contribution < -0.4 is 5.73 Å². The number of primary amides is 1. The summed E-state index contributed by atoms with van der Waals surface area (Å²) in [5.74, 6) is 0. The van der Waals surface area contributed by atoms with Gasteiger partial charge in [0.1, 0.15) is 0 Å². The van der Waals surface area contributed by atoms with Crippen LogP contribution in [0.2, 0.25) is 0 Å². The molecule has 0 saturated heterocycles. The summed E-state index contributed by atoms with van der Waals surface area (Å²) in [6.07, 6.45) is 26.0. The largest absolute Gasteiger partial charge is 0.361 e. The zero-order chi connectivity index (χ0) is 32.3. The van der Waals surface area contributed by atoms with Crippen LogP contribution >= 0.6 is 25.3 Å². The third-order valence-corrected chi connectivity index (χ3v) is 8.71. The predicted octanol–water partition coefficient (Wildman–Crippen LogP) is 12.3. The molecule has 0 atom stereocenters. The molecule has 4 nitrogen and oxygen atoms in total. The van der Waals surface area contributed by atoms with Crippen molar-refractivity contribution in [2.45, 2.75) is 162 Å². The van der Waals surface area contributed by atoms with E-state index in [9.17, 15) is 4.79 Å². The maximum Gasteiger partial charge on any atom is 0.279 e. The number of carbonyl (C=O) groups excluding carboxylic acids is 2. The maximum absolute atomic E-state index is 11.7. The van der Waals surface area contributed by atoms with Crippen LogP contribution in [0, 0.1) is 0 Å². The molecular weight excluding hydrogens is 593 g/mol. The second-order valence-corrected chi connectivity index (χ2v) is 13.0. The number of carbonyl (C=O) groups is 2. The van der Waals surface area contributed by atoms with Crippen LogP contribution in [0.1, 0.15) is 148 Å². The van der Waals surface area contributed by atoms with Gasteiger partial charge in [0.05, 0.1) is 0 Å². The fourth-order valence-electron chi connectivity index (χ4n) is 6.13. The van der Waals surface area contributed by atoms with Crippen molar-refractivity contribution in [3.05, 3.63) is 71.8 Å². The fraction of sp³-hybridized carbons (Fsp3) is 0.641. The van der Waals surface area contributed by atoms with E-state index in [0.717, 1.165) is 0 Å². The molecule has 0 unspecified atom stereocenters. The van der Waals surface area contributed by atoms with E-state index in [-0.39, 0.29) is 12.7 Å². The molecule has 256 valence electrons. The van der Waals surface area contributed by atoms with Gasteiger partial charge in [-0.05, 0) is 62.5 Å². The van der Waals surface area contributed by atoms with Gasteiger partial charge in [-0.1, -0.05) is 184 Å². The van der Waals surface area contributed by atoms with E-state index in [0.29, 0.717) is 12.1 Å². The first-order chi connectivity index (χ1) is 21.4. The fourth-order valence-corrected chi connectivity index (χ4v) is 6.46. The summed E-state index contributed by atoms with van der Waals surface area (Å²) in [5, 5.41) is -0.626. The summed E-state index contributed by atoms with van der Waals surface area (Å²) in [7, 11) is 0. The Balaban J connectivity index is 0.000000610. The van der Waals surface area contributed by atoms with Gasteiger partial charge in [-0.2, -0.15) is 0 Å². The Morgan fingerprint density at radius 1 is 0.622 bits per heavy atom. The molecule has 2 aromatic rings. The molecule has 2 saturated carbocycles. The zero-order valence-corrected chi connectivity index (χ0v) is 29.6. The van der Waals surface area contributed by atoms with Gasteiger partial charge < -0.3 is 10.6 Å². The number of nitrogens with two attached hydrogens (primary N) is 1. The van der Waals surface area contributed by atoms with Gasteiger partial charge in [-0.25, -0.2) is 0 Å². The molecule has 2 N–H and O–H groups in total. The molecule has 2 aliphatic rings. The number of unbranched alkanes of at least 4 members (excludes halogenated alkanes) is 6. The lowest BCUT2D eigenvalue weighted by Crippen LogP contribution is -2.46. The lowest BCUT2D eigenvalue weighted by molar-refractivity contribution is 0.122. The Morgan fingerprint density at radius 3 is 1.24 bits per heavy atom. The second kappa shape index (κ2) is 29.5. The molecule has 0 radical (unpaired) electrons. The highest BCUT2D eigenvalue weighted by Crippen LogP contribution is 2.31. The molecule has 2 amide bonds. The molecule has 0 aliphatic heterocycles. The van der Waals surface area contributed by atoms with E-state index < -0.39 is 5.24 Å². The highest BCUT2D eigenvalue weighted by molar-refractivity contribution is 7.96. The number of benzene rings is 2. The molecule has 2 fully saturated rings. The zero-order valence-electron chi connectivity index (χ0n) is 27.8. The topological polar surface area (TPSA) is 63.4 Å². The summed E-state index contributed by atoms with van der Waals surface area (Å²) < 4.78 is 0. The summed E-state index contributed by atoms with van der Waals surface area (Å²) in [4.78, 5) is 22.9. The van der Waals surface area contributed by atoms with Crippen molar-refractivity contribution in [1.29, 1.82) is 0 Å². The lowest BCUT2D eigenvalue weighted by Gasteiger charge is -2.40. The van der Waals surface area contributed by atoms with Crippen molar-refractivity contribution in [1.82, 2.24) is 4.90 Å². The number of aryl methyl sites for hydroxylation is 2. The SMILES string of the molecule is C.CCCCCCc1ccccc1.CCCCCCc1ccccc1.NC(=O)S.O=C(S)N(C1CCCCC1)C1CCCCC1. The average Bonchev–Trinajstić information content (AvgIpc) is 3.04. The Bertz CT molecular complexity index is 877. The van der Waals surface area contributed by atoms with E-state index in [4.69, 9.17) is 4.79 Å². The monoisotopic (exact) mass is 658 g/mol. The van der Waals surface area contributed by atoms with Gasteiger partial charge >= 0.3 is 0 Å². The molecule has 0 spiro atoms. The first-order valence-electron chi connectivity index (χ1n) is 17.5. The molecule has 45 heavy (non-hydrogen) atoms. The van der Waals surface area contributed by atoms with Crippen LogP contribution in [0.15, 0.2) is 60.7 Å². The van der Waals surface area contributed by atoms with Gasteiger partial charge in [0.15, 0.2) is 0 Å². The van der Waals surface area contributed by atoms with Crippen LogP contribution in [-0.4, -0.2) is 27.5 Å². The van der Waals surface area contributed by atoms with Gasteiger partial charge in [0.2, 0.25) is 0 Å². The van der Waals surface area contributed by atoms with Crippen molar-refractivity contribution < 1.29 is 9.59 Å². The minimum atomic E-state index is -0.639. The number of hydrogen-bond acceptors (Lipinski definition) is 2. The minimum absolute atomic E-state index is 0. The van der Waals surface area contributed by atoms with Crippen LogP contribution in [0.5, 0.6) is 0 Å². The quantitative estimate of drug-likeness (QED) is 0.157. The summed E-state index contributed by atoms with van der Waals surface area (Å²) in [5.41, 5.74) is 7.30. The van der Waals surface area contributed by atoms with E-state index in [1.54, 1.807) is 0 Å². The smallest absolute Gasteiger partial charge is 0.279 e. The first kappa shape index (κ1) is 43.1. The third kappa shape index (κ3) is 23.1. The summed E-state index contributed by atoms with van der Waals surface area (Å²) in [6, 6.07) is 22.5. The van der Waals surface area contributed by atoms with E-state index in [1.807, 2.05) is 0 Å². The maximum atomic E-state index is 11.7. The second-order valence-electron chi connectivity index (χ2n) is 12.2. The Labute approximate surface area is 288 Å². The van der Waals surface area contributed by atoms with E-state index >= 15 is 0 Å². The van der Waals surface area contributed by atoms with Crippen molar-refractivity contribution in [2.75, 3.05) is 0 Å². The Morgan fingerprint density at radius 2 is 0.956 bits per heavy atom. The number of rotatable bonds is 12. The molecule has 0 bridgehead atoms. The highest BCUT2D eigenvalue weighted by atomic mass is 32.1. The molecular formula is C39H66N2O2S2. The van der Waals surface area contributed by atoms with E-state index in [2.05, 4.69) is 110 Å². The summed E-state index contributed by atoms with van der Waals surface area (Å²) in [6.45, 7) is 4.50. The van der Waals surface area contributed by atoms with Crippen molar-refractivity contribution in [3.8, 4) is 0 Å². The highest BCUT2D eigenvalue weighted by Gasteiger charge is 2.30. The van der Waals surface area contributed by atoms with Crippen molar-refractivity contribution in [2.24, 2.45) is 5.73 Å². The Hall–Kier alpha value is -1.92. The number of nitrogens with zero attached hydrogens (tertiary/aromatic N) is 1. The number of thiol groups is 2.